The summed E-state index contributed by atoms with van der Waals surface area (Å²) in [5.41, 5.74) is 4.17. The summed E-state index contributed by atoms with van der Waals surface area (Å²) in [6.07, 6.45) is 5.78. The highest BCUT2D eigenvalue weighted by Gasteiger charge is 2.33. The normalized spacial score (nSPS) is 14.7. The number of amides is 2. The maximum Gasteiger partial charge on any atom is 0.264 e. The molecule has 0 bridgehead atoms. The molecule has 8 heteroatoms. The Morgan fingerprint density at radius 1 is 0.881 bits per heavy atom. The molecule has 7 nitrogen and oxygen atoms in total. The Balaban J connectivity index is 1.70. The first kappa shape index (κ1) is 31.3. The Kier molecular flexibility index (Phi) is 10.4. The molecule has 1 N–H and O–H groups in total. The van der Waals surface area contributed by atoms with Crippen molar-refractivity contribution in [3.8, 4) is 0 Å². The van der Waals surface area contributed by atoms with E-state index < -0.39 is 28.5 Å². The van der Waals surface area contributed by atoms with Crippen molar-refractivity contribution in [2.24, 2.45) is 0 Å². The van der Waals surface area contributed by atoms with Gasteiger partial charge >= 0.3 is 0 Å². The Bertz CT molecular complexity index is 1460. The van der Waals surface area contributed by atoms with Gasteiger partial charge in [-0.05, 0) is 69.4 Å². The number of rotatable bonds is 11. The molecule has 1 aliphatic rings. The van der Waals surface area contributed by atoms with Crippen LogP contribution in [-0.4, -0.2) is 43.8 Å². The number of carbonyl (C=O) groups is 2. The van der Waals surface area contributed by atoms with Crippen LogP contribution < -0.4 is 9.62 Å². The van der Waals surface area contributed by atoms with Gasteiger partial charge in [0.15, 0.2) is 0 Å². The molecule has 1 fully saturated rings. The zero-order chi connectivity index (χ0) is 30.3. The number of hydrogen-bond donors (Lipinski definition) is 1. The van der Waals surface area contributed by atoms with Crippen LogP contribution in [0.3, 0.4) is 0 Å². The molecule has 42 heavy (non-hydrogen) atoms. The fraction of sp³-hybridized carbons (Fsp3) is 0.412. The van der Waals surface area contributed by atoms with Crippen LogP contribution in [0.4, 0.5) is 5.69 Å². The highest BCUT2D eigenvalue weighted by atomic mass is 32.2. The van der Waals surface area contributed by atoms with Gasteiger partial charge in [-0.15, -0.1) is 0 Å². The van der Waals surface area contributed by atoms with Crippen molar-refractivity contribution in [2.75, 3.05) is 10.8 Å². The number of sulfonamides is 1. The van der Waals surface area contributed by atoms with Crippen molar-refractivity contribution in [3.63, 3.8) is 0 Å². The number of benzene rings is 3. The summed E-state index contributed by atoms with van der Waals surface area (Å²) < 4.78 is 29.4. The Morgan fingerprint density at radius 3 is 2.10 bits per heavy atom. The van der Waals surface area contributed by atoms with Crippen molar-refractivity contribution >= 4 is 27.5 Å². The lowest BCUT2D eigenvalue weighted by atomic mass is 9.95. The van der Waals surface area contributed by atoms with E-state index in [0.29, 0.717) is 12.1 Å². The maximum absolute atomic E-state index is 14.2. The lowest BCUT2D eigenvalue weighted by Gasteiger charge is -2.33. The first-order chi connectivity index (χ1) is 20.1. The number of nitrogens with one attached hydrogen (secondary N) is 1. The zero-order valence-corrected chi connectivity index (χ0v) is 26.0. The average Bonchev–Trinajstić information content (AvgIpc) is 2.99. The van der Waals surface area contributed by atoms with Crippen LogP contribution in [-0.2, 0) is 32.6 Å². The maximum atomic E-state index is 14.2. The molecule has 2 amide bonds. The molecule has 0 aromatic heterocycles. The molecule has 1 aliphatic carbocycles. The van der Waals surface area contributed by atoms with Crippen molar-refractivity contribution in [3.05, 3.63) is 95.1 Å². The number of nitrogens with zero attached hydrogens (tertiary/aromatic N) is 2. The summed E-state index contributed by atoms with van der Waals surface area (Å²) in [5, 5.41) is 3.15. The van der Waals surface area contributed by atoms with Gasteiger partial charge in [0, 0.05) is 12.6 Å². The summed E-state index contributed by atoms with van der Waals surface area (Å²) in [4.78, 5) is 29.3. The molecular weight excluding hydrogens is 546 g/mol. The van der Waals surface area contributed by atoms with Crippen LogP contribution in [0.1, 0.15) is 68.2 Å². The third-order valence-corrected chi connectivity index (χ3v) is 9.90. The molecule has 1 unspecified atom stereocenters. The van der Waals surface area contributed by atoms with E-state index in [1.807, 2.05) is 57.2 Å². The predicted molar refractivity (Wildman–Crippen MR) is 168 cm³/mol. The first-order valence-electron chi connectivity index (χ1n) is 14.9. The molecule has 3 aromatic carbocycles. The second-order valence-electron chi connectivity index (χ2n) is 11.3. The Labute approximate surface area is 251 Å². The Morgan fingerprint density at radius 2 is 1.48 bits per heavy atom. The van der Waals surface area contributed by atoms with E-state index in [4.69, 9.17) is 0 Å². The number of aryl methyl sites for hydroxylation is 3. The van der Waals surface area contributed by atoms with E-state index in [1.54, 1.807) is 43.3 Å². The lowest BCUT2D eigenvalue weighted by molar-refractivity contribution is -0.139. The van der Waals surface area contributed by atoms with Gasteiger partial charge in [0.2, 0.25) is 11.8 Å². The van der Waals surface area contributed by atoms with Crippen molar-refractivity contribution < 1.29 is 18.0 Å². The van der Waals surface area contributed by atoms with Crippen LogP contribution in [0.5, 0.6) is 0 Å². The van der Waals surface area contributed by atoms with Crippen molar-refractivity contribution in [1.82, 2.24) is 10.2 Å². The minimum Gasteiger partial charge on any atom is -0.352 e. The topological polar surface area (TPSA) is 86.8 Å². The van der Waals surface area contributed by atoms with Crippen molar-refractivity contribution in [2.45, 2.75) is 89.7 Å². The highest BCUT2D eigenvalue weighted by Crippen LogP contribution is 2.28. The van der Waals surface area contributed by atoms with Gasteiger partial charge < -0.3 is 10.2 Å². The summed E-state index contributed by atoms with van der Waals surface area (Å²) in [6, 6.07) is 21.0. The number of anilines is 1. The predicted octanol–water partition coefficient (Wildman–Crippen LogP) is 5.93. The molecule has 0 radical (unpaired) electrons. The fourth-order valence-corrected chi connectivity index (χ4v) is 6.90. The molecule has 1 saturated carbocycles. The summed E-state index contributed by atoms with van der Waals surface area (Å²) >= 11 is 0. The third-order valence-electron chi connectivity index (χ3n) is 8.12. The van der Waals surface area contributed by atoms with E-state index in [1.165, 1.54) is 15.6 Å². The SMILES string of the molecule is CCc1ccccc1N(CC(=O)N(Cc1ccc(C)cc1)C(C)C(=O)NC1CCCCC1)S(=O)(=O)c1ccc(C)cc1. The molecule has 0 heterocycles. The fourth-order valence-electron chi connectivity index (χ4n) is 5.45. The van der Waals surface area contributed by atoms with Crippen LogP contribution in [0.25, 0.3) is 0 Å². The summed E-state index contributed by atoms with van der Waals surface area (Å²) in [7, 11) is -4.09. The largest absolute Gasteiger partial charge is 0.352 e. The summed E-state index contributed by atoms with van der Waals surface area (Å²) in [6.45, 7) is 7.33. The van der Waals surface area contributed by atoms with E-state index in [9.17, 15) is 18.0 Å². The van der Waals surface area contributed by atoms with Crippen LogP contribution in [0, 0.1) is 13.8 Å². The first-order valence-corrected chi connectivity index (χ1v) is 16.4. The van der Waals surface area contributed by atoms with Crippen LogP contribution in [0.15, 0.2) is 77.7 Å². The van der Waals surface area contributed by atoms with Crippen molar-refractivity contribution in [1.29, 1.82) is 0 Å². The van der Waals surface area contributed by atoms with E-state index in [2.05, 4.69) is 5.32 Å². The van der Waals surface area contributed by atoms with Gasteiger partial charge in [-0.1, -0.05) is 91.9 Å². The summed E-state index contributed by atoms with van der Waals surface area (Å²) in [5.74, 6) is -0.660. The molecule has 0 aliphatic heterocycles. The molecule has 224 valence electrons. The zero-order valence-electron chi connectivity index (χ0n) is 25.2. The second kappa shape index (κ2) is 14.0. The van der Waals surface area contributed by atoms with Gasteiger partial charge in [-0.25, -0.2) is 8.42 Å². The van der Waals surface area contributed by atoms with Gasteiger partial charge in [-0.3, -0.25) is 13.9 Å². The molecule has 4 rings (SSSR count). The quantitative estimate of drug-likeness (QED) is 0.301. The monoisotopic (exact) mass is 589 g/mol. The molecule has 0 spiro atoms. The van der Waals surface area contributed by atoms with E-state index >= 15 is 0 Å². The number of carbonyl (C=O) groups excluding carboxylic acids is 2. The third kappa shape index (κ3) is 7.59. The highest BCUT2D eigenvalue weighted by molar-refractivity contribution is 7.92. The lowest BCUT2D eigenvalue weighted by Crippen LogP contribution is -2.53. The van der Waals surface area contributed by atoms with Gasteiger partial charge in [0.1, 0.15) is 12.6 Å². The number of hydrogen-bond acceptors (Lipinski definition) is 4. The van der Waals surface area contributed by atoms with Crippen LogP contribution >= 0.6 is 0 Å². The molecule has 1 atom stereocenters. The van der Waals surface area contributed by atoms with Crippen LogP contribution in [0.2, 0.25) is 0 Å². The molecule has 3 aromatic rings. The second-order valence-corrected chi connectivity index (χ2v) is 13.2. The van der Waals surface area contributed by atoms with Gasteiger partial charge in [0.05, 0.1) is 10.6 Å². The number of para-hydroxylation sites is 1. The standard InChI is InChI=1S/C34H43N3O4S/c1-5-29-11-9-10-14-32(29)37(42(40,41)31-21-17-26(3)18-22-31)24-33(38)36(23-28-19-15-25(2)16-20-28)27(4)34(39)35-30-12-7-6-8-13-30/h9-11,14-22,27,30H,5-8,12-13,23-24H2,1-4H3,(H,35,39). The Hall–Kier alpha value is -3.65. The molecular formula is C34H43N3O4S. The minimum absolute atomic E-state index is 0.0971. The van der Waals surface area contributed by atoms with E-state index in [-0.39, 0.29) is 23.4 Å². The molecule has 0 saturated heterocycles. The smallest absolute Gasteiger partial charge is 0.264 e. The van der Waals surface area contributed by atoms with E-state index in [0.717, 1.165) is 47.9 Å². The van der Waals surface area contributed by atoms with Gasteiger partial charge in [-0.2, -0.15) is 0 Å². The minimum atomic E-state index is -4.09. The van der Waals surface area contributed by atoms with Gasteiger partial charge in [0.25, 0.3) is 10.0 Å². The average molecular weight is 590 g/mol.